The van der Waals surface area contributed by atoms with Gasteiger partial charge < -0.3 is 10.1 Å². The summed E-state index contributed by atoms with van der Waals surface area (Å²) in [5, 5.41) is 3.54. The lowest BCUT2D eigenvalue weighted by atomic mass is 10.0. The van der Waals surface area contributed by atoms with Crippen LogP contribution in [0.4, 0.5) is 0 Å². The van der Waals surface area contributed by atoms with Crippen LogP contribution in [0.5, 0.6) is 5.75 Å². The summed E-state index contributed by atoms with van der Waals surface area (Å²) in [5.41, 5.74) is 1.27. The average molecular weight is 215 g/mol. The van der Waals surface area contributed by atoms with Gasteiger partial charge in [-0.1, -0.05) is 18.2 Å². The standard InChI is InChI=1S/C14H17NO/c1-2-3-6-10-15-13-9-11-16-14-8-5-4-7-12(13)14/h1,4-5,7-8,13,15H,3,6,9-11H2. The molecule has 16 heavy (non-hydrogen) atoms. The second-order valence-corrected chi connectivity index (χ2v) is 3.99. The lowest BCUT2D eigenvalue weighted by Crippen LogP contribution is -2.27. The minimum atomic E-state index is 0.419. The fourth-order valence-electron chi connectivity index (χ4n) is 2.02. The van der Waals surface area contributed by atoms with Crippen LogP contribution in [-0.4, -0.2) is 13.2 Å². The summed E-state index contributed by atoms with van der Waals surface area (Å²) in [5.74, 6) is 3.68. The number of benzene rings is 1. The Morgan fingerprint density at radius 1 is 1.44 bits per heavy atom. The third-order valence-corrected chi connectivity index (χ3v) is 2.85. The summed E-state index contributed by atoms with van der Waals surface area (Å²) >= 11 is 0. The van der Waals surface area contributed by atoms with E-state index >= 15 is 0 Å². The van der Waals surface area contributed by atoms with Crippen LogP contribution in [0, 0.1) is 12.3 Å². The van der Waals surface area contributed by atoms with Crippen molar-refractivity contribution in [2.75, 3.05) is 13.2 Å². The molecule has 0 aromatic heterocycles. The number of ether oxygens (including phenoxy) is 1. The monoisotopic (exact) mass is 215 g/mol. The number of nitrogens with one attached hydrogen (secondary N) is 1. The highest BCUT2D eigenvalue weighted by Gasteiger charge is 2.19. The predicted octanol–water partition coefficient (Wildman–Crippen LogP) is 2.51. The Morgan fingerprint density at radius 3 is 3.19 bits per heavy atom. The molecule has 0 saturated heterocycles. The average Bonchev–Trinajstić information content (AvgIpc) is 2.35. The molecule has 1 aromatic carbocycles. The van der Waals surface area contributed by atoms with E-state index in [9.17, 15) is 0 Å². The molecule has 1 aromatic rings. The summed E-state index contributed by atoms with van der Waals surface area (Å²) in [4.78, 5) is 0. The van der Waals surface area contributed by atoms with Crippen molar-refractivity contribution in [1.29, 1.82) is 0 Å². The van der Waals surface area contributed by atoms with Gasteiger partial charge in [0.1, 0.15) is 5.75 Å². The second kappa shape index (κ2) is 5.58. The van der Waals surface area contributed by atoms with E-state index in [1.165, 1.54) is 5.56 Å². The third-order valence-electron chi connectivity index (χ3n) is 2.85. The van der Waals surface area contributed by atoms with Crippen molar-refractivity contribution in [3.8, 4) is 18.1 Å². The minimum absolute atomic E-state index is 0.419. The molecule has 2 rings (SSSR count). The zero-order valence-corrected chi connectivity index (χ0v) is 9.41. The summed E-state index contributed by atoms with van der Waals surface area (Å²) in [6, 6.07) is 8.66. The maximum Gasteiger partial charge on any atom is 0.124 e. The second-order valence-electron chi connectivity index (χ2n) is 3.99. The zero-order valence-electron chi connectivity index (χ0n) is 9.41. The number of hydrogen-bond acceptors (Lipinski definition) is 2. The topological polar surface area (TPSA) is 21.3 Å². The molecule has 0 fully saturated rings. The van der Waals surface area contributed by atoms with E-state index in [-0.39, 0.29) is 0 Å². The highest BCUT2D eigenvalue weighted by molar-refractivity contribution is 5.37. The lowest BCUT2D eigenvalue weighted by molar-refractivity contribution is 0.253. The SMILES string of the molecule is C#CCCCNC1CCOc2ccccc21. The molecule has 1 unspecified atom stereocenters. The minimum Gasteiger partial charge on any atom is -0.493 e. The fraction of sp³-hybridized carbons (Fsp3) is 0.429. The van der Waals surface area contributed by atoms with Crippen molar-refractivity contribution in [3.63, 3.8) is 0 Å². The van der Waals surface area contributed by atoms with Gasteiger partial charge in [0, 0.05) is 24.4 Å². The molecule has 0 bridgehead atoms. The van der Waals surface area contributed by atoms with E-state index in [1.54, 1.807) is 0 Å². The first kappa shape index (κ1) is 11.0. The van der Waals surface area contributed by atoms with Crippen molar-refractivity contribution in [2.45, 2.75) is 25.3 Å². The van der Waals surface area contributed by atoms with E-state index < -0.39 is 0 Å². The van der Waals surface area contributed by atoms with Gasteiger partial charge in [-0.15, -0.1) is 12.3 Å². The number of hydrogen-bond donors (Lipinski definition) is 1. The Morgan fingerprint density at radius 2 is 2.31 bits per heavy atom. The number of unbranched alkanes of at least 4 members (excludes halogenated alkanes) is 1. The van der Waals surface area contributed by atoms with Crippen molar-refractivity contribution in [3.05, 3.63) is 29.8 Å². The van der Waals surface area contributed by atoms with E-state index in [2.05, 4.69) is 23.4 Å². The van der Waals surface area contributed by atoms with Crippen molar-refractivity contribution in [1.82, 2.24) is 5.32 Å². The Kier molecular flexibility index (Phi) is 3.85. The maximum absolute atomic E-state index is 5.61. The first-order valence-corrected chi connectivity index (χ1v) is 5.80. The van der Waals surface area contributed by atoms with Crippen LogP contribution in [0.1, 0.15) is 30.9 Å². The molecule has 1 atom stereocenters. The number of rotatable bonds is 4. The summed E-state index contributed by atoms with van der Waals surface area (Å²) in [6.45, 7) is 1.77. The molecule has 1 heterocycles. The zero-order chi connectivity index (χ0) is 11.2. The first-order chi connectivity index (χ1) is 7.92. The Bertz CT molecular complexity index is 381. The smallest absolute Gasteiger partial charge is 0.124 e. The largest absolute Gasteiger partial charge is 0.493 e. The normalized spacial score (nSPS) is 18.3. The van der Waals surface area contributed by atoms with Crippen LogP contribution in [-0.2, 0) is 0 Å². The summed E-state index contributed by atoms with van der Waals surface area (Å²) in [6.07, 6.45) is 8.14. The van der Waals surface area contributed by atoms with Crippen molar-refractivity contribution < 1.29 is 4.74 Å². The Hall–Kier alpha value is -1.46. The molecule has 0 amide bonds. The molecule has 2 nitrogen and oxygen atoms in total. The highest BCUT2D eigenvalue weighted by Crippen LogP contribution is 2.31. The molecule has 0 aliphatic carbocycles. The van der Waals surface area contributed by atoms with E-state index in [1.807, 2.05) is 12.1 Å². The van der Waals surface area contributed by atoms with Crippen LogP contribution in [0.15, 0.2) is 24.3 Å². The molecule has 1 aliphatic heterocycles. The van der Waals surface area contributed by atoms with Gasteiger partial charge in [0.2, 0.25) is 0 Å². The van der Waals surface area contributed by atoms with Crippen LogP contribution < -0.4 is 10.1 Å². The van der Waals surface area contributed by atoms with Gasteiger partial charge in [0.05, 0.1) is 6.61 Å². The van der Waals surface area contributed by atoms with Gasteiger partial charge >= 0.3 is 0 Å². The molecular formula is C14H17NO. The quantitative estimate of drug-likeness (QED) is 0.615. The lowest BCUT2D eigenvalue weighted by Gasteiger charge is -2.26. The molecule has 1 aliphatic rings. The molecule has 0 saturated carbocycles. The van der Waals surface area contributed by atoms with E-state index in [0.29, 0.717) is 6.04 Å². The van der Waals surface area contributed by atoms with Gasteiger partial charge in [-0.2, -0.15) is 0 Å². The van der Waals surface area contributed by atoms with Crippen molar-refractivity contribution in [2.24, 2.45) is 0 Å². The van der Waals surface area contributed by atoms with Gasteiger partial charge in [-0.25, -0.2) is 0 Å². The van der Waals surface area contributed by atoms with Crippen molar-refractivity contribution >= 4 is 0 Å². The predicted molar refractivity (Wildman–Crippen MR) is 65.4 cm³/mol. The summed E-state index contributed by atoms with van der Waals surface area (Å²) in [7, 11) is 0. The summed E-state index contributed by atoms with van der Waals surface area (Å²) < 4.78 is 5.61. The van der Waals surface area contributed by atoms with Crippen LogP contribution >= 0.6 is 0 Å². The fourth-order valence-corrected chi connectivity index (χ4v) is 2.02. The first-order valence-electron chi connectivity index (χ1n) is 5.80. The van der Waals surface area contributed by atoms with Crippen LogP contribution in [0.3, 0.4) is 0 Å². The molecule has 84 valence electrons. The van der Waals surface area contributed by atoms with Gasteiger partial charge in [-0.05, 0) is 19.0 Å². The van der Waals surface area contributed by atoms with Crippen LogP contribution in [0.25, 0.3) is 0 Å². The number of para-hydroxylation sites is 1. The van der Waals surface area contributed by atoms with Gasteiger partial charge in [0.25, 0.3) is 0 Å². The highest BCUT2D eigenvalue weighted by atomic mass is 16.5. The Balaban J connectivity index is 1.94. The van der Waals surface area contributed by atoms with Crippen LogP contribution in [0.2, 0.25) is 0 Å². The molecule has 0 radical (unpaired) electrons. The molecular weight excluding hydrogens is 198 g/mol. The molecule has 0 spiro atoms. The molecule has 2 heteroatoms. The van der Waals surface area contributed by atoms with Gasteiger partial charge in [0.15, 0.2) is 0 Å². The van der Waals surface area contributed by atoms with Gasteiger partial charge in [-0.3, -0.25) is 0 Å². The number of fused-ring (bicyclic) bond motifs is 1. The number of terminal acetylenes is 1. The third kappa shape index (κ3) is 2.56. The molecule has 1 N–H and O–H groups in total. The maximum atomic E-state index is 5.61. The Labute approximate surface area is 97.0 Å². The van der Waals surface area contributed by atoms with E-state index in [4.69, 9.17) is 11.2 Å². The van der Waals surface area contributed by atoms with E-state index in [0.717, 1.165) is 38.2 Å².